The topological polar surface area (TPSA) is 60.8 Å². The lowest BCUT2D eigenvalue weighted by molar-refractivity contribution is 0.287. The molecule has 22 heavy (non-hydrogen) atoms. The highest BCUT2D eigenvalue weighted by Crippen LogP contribution is 2.26. The molecule has 110 valence electrons. The maximum atomic E-state index is 13.0. The lowest BCUT2D eigenvalue weighted by atomic mass is 10.1. The molecular formula is C16H13FN4O. The number of hydrogen-bond acceptors (Lipinski definition) is 5. The van der Waals surface area contributed by atoms with Crippen molar-refractivity contribution >= 4 is 0 Å². The Morgan fingerprint density at radius 1 is 1.05 bits per heavy atom. The van der Waals surface area contributed by atoms with E-state index in [9.17, 15) is 4.39 Å². The predicted octanol–water partition coefficient (Wildman–Crippen LogP) is 2.96. The fraction of sp³-hybridized carbons (Fsp3) is 0.125. The van der Waals surface area contributed by atoms with Crippen molar-refractivity contribution in [2.45, 2.75) is 13.5 Å². The molecule has 0 aliphatic carbocycles. The van der Waals surface area contributed by atoms with Gasteiger partial charge in [-0.15, -0.1) is 10.2 Å². The van der Waals surface area contributed by atoms with E-state index in [-0.39, 0.29) is 12.4 Å². The van der Waals surface area contributed by atoms with Gasteiger partial charge in [0.2, 0.25) is 5.88 Å². The van der Waals surface area contributed by atoms with Crippen LogP contribution < -0.4 is 4.74 Å². The van der Waals surface area contributed by atoms with Crippen molar-refractivity contribution in [3.8, 4) is 17.1 Å². The summed E-state index contributed by atoms with van der Waals surface area (Å²) < 4.78 is 18.8. The van der Waals surface area contributed by atoms with E-state index < -0.39 is 0 Å². The smallest absolute Gasteiger partial charge is 0.244 e. The quantitative estimate of drug-likeness (QED) is 0.740. The van der Waals surface area contributed by atoms with E-state index in [0.29, 0.717) is 23.0 Å². The van der Waals surface area contributed by atoms with Crippen molar-refractivity contribution in [1.29, 1.82) is 0 Å². The fourth-order valence-corrected chi connectivity index (χ4v) is 1.90. The third kappa shape index (κ3) is 3.22. The SMILES string of the molecule is Cc1nnc(-c2ccc(F)cc2)c(OCc2ccccn2)n1. The first kappa shape index (κ1) is 14.1. The van der Waals surface area contributed by atoms with Crippen molar-refractivity contribution < 1.29 is 9.13 Å². The average Bonchev–Trinajstić information content (AvgIpc) is 2.55. The molecule has 0 amide bonds. The average molecular weight is 296 g/mol. The van der Waals surface area contributed by atoms with Gasteiger partial charge in [0, 0.05) is 11.8 Å². The first-order valence-electron chi connectivity index (χ1n) is 6.72. The fourth-order valence-electron chi connectivity index (χ4n) is 1.90. The normalized spacial score (nSPS) is 10.5. The van der Waals surface area contributed by atoms with Gasteiger partial charge in [-0.2, -0.15) is 4.98 Å². The van der Waals surface area contributed by atoms with Gasteiger partial charge in [0.05, 0.1) is 5.69 Å². The van der Waals surface area contributed by atoms with Gasteiger partial charge in [0.25, 0.3) is 0 Å². The van der Waals surface area contributed by atoms with Crippen LogP contribution in [0.1, 0.15) is 11.5 Å². The summed E-state index contributed by atoms with van der Waals surface area (Å²) in [5.74, 6) is 0.541. The summed E-state index contributed by atoms with van der Waals surface area (Å²) in [6.45, 7) is 2.00. The van der Waals surface area contributed by atoms with Crippen LogP contribution in [-0.4, -0.2) is 20.2 Å². The third-order valence-electron chi connectivity index (χ3n) is 2.96. The summed E-state index contributed by atoms with van der Waals surface area (Å²) in [5.41, 5.74) is 1.95. The number of aryl methyl sites for hydroxylation is 1. The maximum Gasteiger partial charge on any atom is 0.244 e. The zero-order chi connectivity index (χ0) is 15.4. The molecule has 0 bridgehead atoms. The van der Waals surface area contributed by atoms with Gasteiger partial charge < -0.3 is 4.74 Å². The molecule has 3 rings (SSSR count). The molecule has 3 aromatic rings. The van der Waals surface area contributed by atoms with E-state index in [2.05, 4.69) is 20.2 Å². The predicted molar refractivity (Wildman–Crippen MR) is 78.5 cm³/mol. The van der Waals surface area contributed by atoms with Gasteiger partial charge in [-0.1, -0.05) is 6.07 Å². The Morgan fingerprint density at radius 3 is 2.59 bits per heavy atom. The number of hydrogen-bond donors (Lipinski definition) is 0. The number of ether oxygens (including phenoxy) is 1. The Bertz CT molecular complexity index is 763. The Kier molecular flexibility index (Phi) is 4.00. The van der Waals surface area contributed by atoms with Crippen LogP contribution in [0.3, 0.4) is 0 Å². The second-order valence-electron chi connectivity index (χ2n) is 4.63. The highest BCUT2D eigenvalue weighted by Gasteiger charge is 2.12. The Morgan fingerprint density at radius 2 is 1.86 bits per heavy atom. The van der Waals surface area contributed by atoms with Gasteiger partial charge in [-0.25, -0.2) is 4.39 Å². The van der Waals surface area contributed by atoms with Crippen molar-refractivity contribution in [3.05, 3.63) is 66.0 Å². The highest BCUT2D eigenvalue weighted by atomic mass is 19.1. The van der Waals surface area contributed by atoms with Gasteiger partial charge in [0.15, 0.2) is 11.5 Å². The molecule has 0 radical (unpaired) electrons. The standard InChI is InChI=1S/C16H13FN4O/c1-11-19-16(22-10-14-4-2-3-9-18-14)15(21-20-11)12-5-7-13(17)8-6-12/h2-9H,10H2,1H3. The summed E-state index contributed by atoms with van der Waals surface area (Å²) in [4.78, 5) is 8.46. The van der Waals surface area contributed by atoms with E-state index in [1.807, 2.05) is 18.2 Å². The summed E-state index contributed by atoms with van der Waals surface area (Å²) >= 11 is 0. The number of pyridine rings is 1. The minimum absolute atomic E-state index is 0.271. The number of benzene rings is 1. The second-order valence-corrected chi connectivity index (χ2v) is 4.63. The second kappa shape index (κ2) is 6.26. The molecule has 0 atom stereocenters. The van der Waals surface area contributed by atoms with Gasteiger partial charge >= 0.3 is 0 Å². The van der Waals surface area contributed by atoms with Crippen molar-refractivity contribution in [1.82, 2.24) is 20.2 Å². The molecule has 6 heteroatoms. The Labute approximate surface area is 126 Å². The molecule has 2 heterocycles. The van der Waals surface area contributed by atoms with Crippen LogP contribution in [0.2, 0.25) is 0 Å². The van der Waals surface area contributed by atoms with Crippen LogP contribution in [0.4, 0.5) is 4.39 Å². The van der Waals surface area contributed by atoms with Crippen LogP contribution in [0.15, 0.2) is 48.7 Å². The van der Waals surface area contributed by atoms with E-state index in [0.717, 1.165) is 5.69 Å². The van der Waals surface area contributed by atoms with Gasteiger partial charge in [0.1, 0.15) is 12.4 Å². The van der Waals surface area contributed by atoms with E-state index in [4.69, 9.17) is 4.74 Å². The maximum absolute atomic E-state index is 13.0. The summed E-state index contributed by atoms with van der Waals surface area (Å²) in [6.07, 6.45) is 1.70. The van der Waals surface area contributed by atoms with Gasteiger partial charge in [-0.3, -0.25) is 4.98 Å². The third-order valence-corrected chi connectivity index (χ3v) is 2.96. The summed E-state index contributed by atoms with van der Waals surface area (Å²) in [7, 11) is 0. The summed E-state index contributed by atoms with van der Waals surface area (Å²) in [5, 5.41) is 8.05. The largest absolute Gasteiger partial charge is 0.470 e. The molecule has 0 N–H and O–H groups in total. The van der Waals surface area contributed by atoms with Crippen molar-refractivity contribution in [2.75, 3.05) is 0 Å². The minimum Gasteiger partial charge on any atom is -0.470 e. The molecule has 0 saturated carbocycles. The Hall–Kier alpha value is -2.89. The van der Waals surface area contributed by atoms with Crippen LogP contribution >= 0.6 is 0 Å². The van der Waals surface area contributed by atoms with Crippen LogP contribution in [0.5, 0.6) is 5.88 Å². The Balaban J connectivity index is 1.89. The molecule has 0 fully saturated rings. The number of halogens is 1. The van der Waals surface area contributed by atoms with Crippen molar-refractivity contribution in [2.24, 2.45) is 0 Å². The first-order chi connectivity index (χ1) is 10.7. The molecule has 0 aliphatic heterocycles. The molecule has 5 nitrogen and oxygen atoms in total. The van der Waals surface area contributed by atoms with Crippen molar-refractivity contribution in [3.63, 3.8) is 0 Å². The van der Waals surface area contributed by atoms with Crippen LogP contribution in [0, 0.1) is 12.7 Å². The molecular weight excluding hydrogens is 283 g/mol. The van der Waals surface area contributed by atoms with Crippen LogP contribution in [-0.2, 0) is 6.61 Å². The number of aromatic nitrogens is 4. The first-order valence-corrected chi connectivity index (χ1v) is 6.72. The lowest BCUT2D eigenvalue weighted by Gasteiger charge is -2.09. The van der Waals surface area contributed by atoms with E-state index in [1.54, 1.807) is 25.3 Å². The monoisotopic (exact) mass is 296 g/mol. The molecule has 0 unspecified atom stereocenters. The number of nitrogens with zero attached hydrogens (tertiary/aromatic N) is 4. The molecule has 0 spiro atoms. The molecule has 0 saturated heterocycles. The highest BCUT2D eigenvalue weighted by molar-refractivity contribution is 5.63. The zero-order valence-corrected chi connectivity index (χ0v) is 11.9. The lowest BCUT2D eigenvalue weighted by Crippen LogP contribution is -2.04. The molecule has 0 aliphatic rings. The number of rotatable bonds is 4. The van der Waals surface area contributed by atoms with Crippen LogP contribution in [0.25, 0.3) is 11.3 Å². The molecule has 1 aromatic carbocycles. The van der Waals surface area contributed by atoms with E-state index >= 15 is 0 Å². The molecule has 2 aromatic heterocycles. The zero-order valence-electron chi connectivity index (χ0n) is 11.9. The van der Waals surface area contributed by atoms with E-state index in [1.165, 1.54) is 12.1 Å². The summed E-state index contributed by atoms with van der Waals surface area (Å²) in [6, 6.07) is 11.5. The minimum atomic E-state index is -0.312. The van der Waals surface area contributed by atoms with Gasteiger partial charge in [-0.05, 0) is 43.3 Å².